The van der Waals surface area contributed by atoms with Crippen LogP contribution in [0.15, 0.2) is 34.8 Å². The number of anilines is 1. The maximum atomic E-state index is 13.5. The number of allylic oxidation sites excluding steroid dienone is 2. The third kappa shape index (κ3) is 2.94. The van der Waals surface area contributed by atoms with Crippen molar-refractivity contribution >= 4 is 27.5 Å². The van der Waals surface area contributed by atoms with E-state index in [1.54, 1.807) is 12.1 Å². The third-order valence-corrected chi connectivity index (χ3v) is 3.51. The molecule has 2 nitrogen and oxygen atoms in total. The molecule has 0 bridgehead atoms. The second-order valence-electron chi connectivity index (χ2n) is 4.07. The van der Waals surface area contributed by atoms with Crippen LogP contribution in [-0.2, 0) is 4.79 Å². The Morgan fingerprint density at radius 3 is 2.88 bits per heavy atom. The van der Waals surface area contributed by atoms with Crippen LogP contribution < -0.4 is 5.32 Å². The first-order valence-electron chi connectivity index (χ1n) is 5.58. The van der Waals surface area contributed by atoms with Crippen LogP contribution >= 0.6 is 15.9 Å². The lowest BCUT2D eigenvalue weighted by molar-refractivity contribution is -0.120. The van der Waals surface area contributed by atoms with Crippen LogP contribution in [0.4, 0.5) is 10.1 Å². The molecule has 1 aromatic rings. The number of carbonyl (C=O) groups is 1. The summed E-state index contributed by atoms with van der Waals surface area (Å²) in [5.74, 6) is -0.578. The van der Waals surface area contributed by atoms with Crippen molar-refractivity contribution in [3.63, 3.8) is 0 Å². The van der Waals surface area contributed by atoms with E-state index < -0.39 is 5.82 Å². The molecule has 0 heterocycles. The van der Waals surface area contributed by atoms with Crippen LogP contribution in [0.5, 0.6) is 0 Å². The molecule has 1 aliphatic carbocycles. The second-order valence-corrected chi connectivity index (χ2v) is 4.92. The molecule has 4 heteroatoms. The molecule has 1 N–H and O–H groups in total. The number of nitrogens with one attached hydrogen (secondary N) is 1. The summed E-state index contributed by atoms with van der Waals surface area (Å²) in [7, 11) is 0. The number of halogens is 2. The molecule has 1 aromatic carbocycles. The van der Waals surface area contributed by atoms with Gasteiger partial charge in [-0.15, -0.1) is 0 Å². The summed E-state index contributed by atoms with van der Waals surface area (Å²) in [5.41, 5.74) is 0.229. The first-order chi connectivity index (χ1) is 8.18. The number of carbonyl (C=O) groups excluding carboxylic acids is 1. The summed E-state index contributed by atoms with van der Waals surface area (Å²) in [6, 6.07) is 4.64. The zero-order valence-corrected chi connectivity index (χ0v) is 10.8. The summed E-state index contributed by atoms with van der Waals surface area (Å²) in [6.07, 6.45) is 6.55. The van der Waals surface area contributed by atoms with Crippen molar-refractivity contribution in [1.29, 1.82) is 0 Å². The minimum Gasteiger partial charge on any atom is -0.322 e. The lowest BCUT2D eigenvalue weighted by Gasteiger charge is -2.18. The summed E-state index contributed by atoms with van der Waals surface area (Å²) >= 11 is 3.23. The van der Waals surface area contributed by atoms with Gasteiger partial charge in [0.05, 0.1) is 5.69 Å². The zero-order chi connectivity index (χ0) is 12.3. The molecule has 90 valence electrons. The van der Waals surface area contributed by atoms with Gasteiger partial charge in [0.2, 0.25) is 5.91 Å². The van der Waals surface area contributed by atoms with Gasteiger partial charge in [0.1, 0.15) is 5.82 Å². The van der Waals surface area contributed by atoms with Gasteiger partial charge in [0.15, 0.2) is 0 Å². The highest BCUT2D eigenvalue weighted by Crippen LogP contribution is 2.27. The molecule has 1 amide bonds. The standard InChI is InChI=1S/C13H13BrFNO/c14-10-7-4-8-11(15)12(10)16-13(17)9-5-2-1-3-6-9/h1-2,4,7-9H,3,5-6H2,(H,16,17)/t9-/m0/s1. The highest BCUT2D eigenvalue weighted by Gasteiger charge is 2.20. The van der Waals surface area contributed by atoms with E-state index in [0.29, 0.717) is 4.47 Å². The van der Waals surface area contributed by atoms with E-state index in [-0.39, 0.29) is 17.5 Å². The maximum absolute atomic E-state index is 13.5. The molecular formula is C13H13BrFNO. The number of benzene rings is 1. The van der Waals surface area contributed by atoms with Gasteiger partial charge in [0, 0.05) is 10.4 Å². The van der Waals surface area contributed by atoms with E-state index in [4.69, 9.17) is 0 Å². The Morgan fingerprint density at radius 2 is 2.24 bits per heavy atom. The van der Waals surface area contributed by atoms with Gasteiger partial charge >= 0.3 is 0 Å². The molecule has 1 aliphatic rings. The predicted octanol–water partition coefficient (Wildman–Crippen LogP) is 3.88. The molecule has 0 saturated heterocycles. The average molecular weight is 298 g/mol. The summed E-state index contributed by atoms with van der Waals surface area (Å²) < 4.78 is 14.1. The Labute approximate surface area is 108 Å². The highest BCUT2D eigenvalue weighted by molar-refractivity contribution is 9.10. The molecule has 0 fully saturated rings. The van der Waals surface area contributed by atoms with Crippen molar-refractivity contribution in [2.45, 2.75) is 19.3 Å². The number of hydrogen-bond acceptors (Lipinski definition) is 1. The van der Waals surface area contributed by atoms with Gasteiger partial charge in [-0.3, -0.25) is 4.79 Å². The smallest absolute Gasteiger partial charge is 0.227 e. The van der Waals surface area contributed by atoms with Crippen LogP contribution in [-0.4, -0.2) is 5.91 Å². The second kappa shape index (κ2) is 5.45. The molecule has 0 radical (unpaired) electrons. The number of amides is 1. The Bertz CT molecular complexity index is 438. The molecule has 0 aromatic heterocycles. The lowest BCUT2D eigenvalue weighted by Crippen LogP contribution is -2.24. The van der Waals surface area contributed by atoms with E-state index in [2.05, 4.69) is 27.3 Å². The third-order valence-electron chi connectivity index (χ3n) is 2.85. The molecule has 2 rings (SSSR count). The van der Waals surface area contributed by atoms with Crippen molar-refractivity contribution in [3.8, 4) is 0 Å². The van der Waals surface area contributed by atoms with E-state index in [1.165, 1.54) is 6.07 Å². The first-order valence-corrected chi connectivity index (χ1v) is 6.37. The Hall–Kier alpha value is -1.16. The number of rotatable bonds is 2. The zero-order valence-electron chi connectivity index (χ0n) is 9.25. The number of para-hydroxylation sites is 1. The summed E-state index contributed by atoms with van der Waals surface area (Å²) in [5, 5.41) is 2.65. The van der Waals surface area contributed by atoms with Crippen molar-refractivity contribution in [3.05, 3.63) is 40.6 Å². The topological polar surface area (TPSA) is 29.1 Å². The SMILES string of the molecule is O=C(Nc1c(F)cccc1Br)[C@H]1CC=CCC1. The van der Waals surface area contributed by atoms with Gasteiger partial charge in [0.25, 0.3) is 0 Å². The quantitative estimate of drug-likeness (QED) is 0.825. The van der Waals surface area contributed by atoms with Crippen molar-refractivity contribution in [1.82, 2.24) is 0 Å². The summed E-state index contributed by atoms with van der Waals surface area (Å²) in [6.45, 7) is 0. The van der Waals surface area contributed by atoms with Crippen molar-refractivity contribution < 1.29 is 9.18 Å². The Kier molecular flexibility index (Phi) is 3.94. The Balaban J connectivity index is 2.10. The molecule has 0 spiro atoms. The minimum absolute atomic E-state index is 0.0495. The van der Waals surface area contributed by atoms with Gasteiger partial charge in [-0.1, -0.05) is 18.2 Å². The van der Waals surface area contributed by atoms with Gasteiger partial charge in [-0.25, -0.2) is 4.39 Å². The molecule has 17 heavy (non-hydrogen) atoms. The van der Waals surface area contributed by atoms with Crippen LogP contribution in [0.2, 0.25) is 0 Å². The van der Waals surface area contributed by atoms with Gasteiger partial charge in [-0.2, -0.15) is 0 Å². The molecule has 0 unspecified atom stereocenters. The maximum Gasteiger partial charge on any atom is 0.227 e. The van der Waals surface area contributed by atoms with Crippen LogP contribution in [0.25, 0.3) is 0 Å². The van der Waals surface area contributed by atoms with E-state index in [0.717, 1.165) is 19.3 Å². The molecule has 0 aliphatic heterocycles. The van der Waals surface area contributed by atoms with Crippen LogP contribution in [0.3, 0.4) is 0 Å². The lowest BCUT2D eigenvalue weighted by atomic mass is 9.93. The van der Waals surface area contributed by atoms with Crippen molar-refractivity contribution in [2.75, 3.05) is 5.32 Å². The van der Waals surface area contributed by atoms with Crippen LogP contribution in [0.1, 0.15) is 19.3 Å². The monoisotopic (exact) mass is 297 g/mol. The van der Waals surface area contributed by atoms with E-state index >= 15 is 0 Å². The molecule has 1 atom stereocenters. The highest BCUT2D eigenvalue weighted by atomic mass is 79.9. The summed E-state index contributed by atoms with van der Waals surface area (Å²) in [4.78, 5) is 11.9. The number of hydrogen-bond donors (Lipinski definition) is 1. The predicted molar refractivity (Wildman–Crippen MR) is 69.2 cm³/mol. The normalized spacial score (nSPS) is 19.1. The first kappa shape index (κ1) is 12.3. The van der Waals surface area contributed by atoms with Crippen molar-refractivity contribution in [2.24, 2.45) is 5.92 Å². The minimum atomic E-state index is -0.418. The Morgan fingerprint density at radius 1 is 1.41 bits per heavy atom. The fourth-order valence-electron chi connectivity index (χ4n) is 1.87. The van der Waals surface area contributed by atoms with E-state index in [1.807, 2.05) is 6.08 Å². The average Bonchev–Trinajstić information content (AvgIpc) is 2.35. The fourth-order valence-corrected chi connectivity index (χ4v) is 2.32. The van der Waals surface area contributed by atoms with Gasteiger partial charge in [-0.05, 0) is 47.3 Å². The molecular weight excluding hydrogens is 285 g/mol. The van der Waals surface area contributed by atoms with Crippen LogP contribution in [0, 0.1) is 11.7 Å². The van der Waals surface area contributed by atoms with Gasteiger partial charge < -0.3 is 5.32 Å². The van der Waals surface area contributed by atoms with E-state index in [9.17, 15) is 9.18 Å². The largest absolute Gasteiger partial charge is 0.322 e. The fraction of sp³-hybridized carbons (Fsp3) is 0.308. The molecule has 0 saturated carbocycles.